The van der Waals surface area contributed by atoms with E-state index in [2.05, 4.69) is 71.0 Å². The summed E-state index contributed by atoms with van der Waals surface area (Å²) in [5.74, 6) is -2.32. The molecule has 1 fully saturated rings. The van der Waals surface area contributed by atoms with Crippen molar-refractivity contribution in [3.8, 4) is 0 Å². The Morgan fingerprint density at radius 3 is 2.38 bits per heavy atom. The highest BCUT2D eigenvalue weighted by molar-refractivity contribution is 5.93. The average molecular weight is 469 g/mol. The number of hydrogen-bond donors (Lipinski definition) is 0. The van der Waals surface area contributed by atoms with E-state index in [1.54, 1.807) is 0 Å². The second-order valence-corrected chi connectivity index (χ2v) is 10.6. The molecule has 2 heterocycles. The molecule has 2 aromatic rings. The molecule has 2 aromatic heterocycles. The van der Waals surface area contributed by atoms with E-state index in [1.165, 1.54) is 11.1 Å². The Bertz CT molecular complexity index is 1100. The number of fused-ring (bicyclic) bond motifs is 1. The topological polar surface area (TPSA) is 17.8 Å². The standard InChI is InChI=1S/C30H42F2N2/c1-9-14-29(8,24-12-15-30(31,32)16-13-24)34-19-25(22(10-2)11-3)28-26(34)17-23(18-33-28)27(20(4)5)21(6)7/h10,17-19,24H,4,9,11-16H2,1-3,5-8H3/b22-10+. The zero-order valence-electron chi connectivity index (χ0n) is 22.2. The van der Waals surface area contributed by atoms with Crippen molar-refractivity contribution in [2.45, 2.75) is 105 Å². The molecule has 0 aromatic carbocycles. The van der Waals surface area contributed by atoms with E-state index in [4.69, 9.17) is 4.98 Å². The van der Waals surface area contributed by atoms with Crippen LogP contribution in [0.1, 0.15) is 105 Å². The number of nitrogens with zero attached hydrogens (tertiary/aromatic N) is 2. The molecule has 2 nitrogen and oxygen atoms in total. The maximum Gasteiger partial charge on any atom is 0.248 e. The minimum absolute atomic E-state index is 0.0147. The third-order valence-corrected chi connectivity index (χ3v) is 7.83. The highest BCUT2D eigenvalue weighted by Gasteiger charge is 2.43. The van der Waals surface area contributed by atoms with E-state index in [1.807, 2.05) is 13.1 Å². The van der Waals surface area contributed by atoms with Gasteiger partial charge in [0.15, 0.2) is 0 Å². The molecule has 0 aliphatic heterocycles. The molecule has 1 saturated carbocycles. The molecule has 4 heteroatoms. The Morgan fingerprint density at radius 1 is 1.24 bits per heavy atom. The largest absolute Gasteiger partial charge is 0.339 e. The fraction of sp³-hybridized carbons (Fsp3) is 0.567. The zero-order chi connectivity index (χ0) is 25.3. The quantitative estimate of drug-likeness (QED) is 0.353. The Morgan fingerprint density at radius 2 is 1.88 bits per heavy atom. The summed E-state index contributed by atoms with van der Waals surface area (Å²) >= 11 is 0. The predicted molar refractivity (Wildman–Crippen MR) is 142 cm³/mol. The smallest absolute Gasteiger partial charge is 0.248 e. The molecule has 0 amide bonds. The van der Waals surface area contributed by atoms with Crippen molar-refractivity contribution in [1.82, 2.24) is 9.55 Å². The monoisotopic (exact) mass is 468 g/mol. The van der Waals surface area contributed by atoms with Crippen LogP contribution in [-0.4, -0.2) is 15.5 Å². The van der Waals surface area contributed by atoms with Crippen molar-refractivity contribution in [3.63, 3.8) is 0 Å². The highest BCUT2D eigenvalue weighted by Crippen LogP contribution is 2.47. The van der Waals surface area contributed by atoms with Gasteiger partial charge in [0.2, 0.25) is 5.92 Å². The second kappa shape index (κ2) is 10.2. The Kier molecular flexibility index (Phi) is 7.89. The fourth-order valence-electron chi connectivity index (χ4n) is 6.10. The van der Waals surface area contributed by atoms with Gasteiger partial charge in [0.1, 0.15) is 0 Å². The average Bonchev–Trinajstić information content (AvgIpc) is 3.13. The van der Waals surface area contributed by atoms with Gasteiger partial charge in [-0.2, -0.15) is 0 Å². The van der Waals surface area contributed by atoms with Crippen molar-refractivity contribution < 1.29 is 8.78 Å². The van der Waals surface area contributed by atoms with Crippen LogP contribution in [0.2, 0.25) is 0 Å². The van der Waals surface area contributed by atoms with Crippen molar-refractivity contribution in [2.24, 2.45) is 5.92 Å². The lowest BCUT2D eigenvalue weighted by Crippen LogP contribution is -2.41. The van der Waals surface area contributed by atoms with E-state index in [-0.39, 0.29) is 24.3 Å². The van der Waals surface area contributed by atoms with Gasteiger partial charge < -0.3 is 4.57 Å². The van der Waals surface area contributed by atoms with Gasteiger partial charge in [-0.15, -0.1) is 0 Å². The van der Waals surface area contributed by atoms with Crippen LogP contribution in [0.15, 0.2) is 42.3 Å². The first-order valence-corrected chi connectivity index (χ1v) is 12.9. The number of halogens is 2. The molecular weight excluding hydrogens is 426 g/mol. The van der Waals surface area contributed by atoms with E-state index in [0.717, 1.165) is 52.6 Å². The molecule has 1 aliphatic carbocycles. The van der Waals surface area contributed by atoms with E-state index < -0.39 is 5.92 Å². The lowest BCUT2D eigenvalue weighted by Gasteiger charge is -2.43. The normalized spacial score (nSPS) is 18.7. The first-order valence-electron chi connectivity index (χ1n) is 12.9. The van der Waals surface area contributed by atoms with E-state index >= 15 is 0 Å². The van der Waals surface area contributed by atoms with Gasteiger partial charge >= 0.3 is 0 Å². The lowest BCUT2D eigenvalue weighted by molar-refractivity contribution is -0.0609. The van der Waals surface area contributed by atoms with Crippen LogP contribution in [0.3, 0.4) is 0 Å². The first kappa shape index (κ1) is 26.4. The second-order valence-electron chi connectivity index (χ2n) is 10.6. The van der Waals surface area contributed by atoms with Gasteiger partial charge in [-0.1, -0.05) is 44.1 Å². The number of hydrogen-bond acceptors (Lipinski definition) is 1. The minimum Gasteiger partial charge on any atom is -0.339 e. The third kappa shape index (κ3) is 4.92. The third-order valence-electron chi connectivity index (χ3n) is 7.83. The first-order chi connectivity index (χ1) is 16.0. The van der Waals surface area contributed by atoms with Gasteiger partial charge in [-0.3, -0.25) is 4.98 Å². The van der Waals surface area contributed by atoms with Crippen LogP contribution in [0.5, 0.6) is 0 Å². The summed E-state index contributed by atoms with van der Waals surface area (Å²) in [7, 11) is 0. The molecule has 34 heavy (non-hydrogen) atoms. The summed E-state index contributed by atoms with van der Waals surface area (Å²) in [6.07, 6.45) is 10.3. The maximum atomic E-state index is 14.1. The summed E-state index contributed by atoms with van der Waals surface area (Å²) in [6, 6.07) is 2.25. The Hall–Kier alpha value is -2.23. The Labute approximate surface area is 204 Å². The number of rotatable bonds is 8. The van der Waals surface area contributed by atoms with E-state index in [9.17, 15) is 8.78 Å². The van der Waals surface area contributed by atoms with Crippen LogP contribution < -0.4 is 0 Å². The van der Waals surface area contributed by atoms with Crippen molar-refractivity contribution in [1.29, 1.82) is 0 Å². The molecule has 1 aliphatic rings. The maximum absolute atomic E-state index is 14.1. The van der Waals surface area contributed by atoms with Crippen LogP contribution in [-0.2, 0) is 5.54 Å². The van der Waals surface area contributed by atoms with Crippen molar-refractivity contribution in [2.75, 3.05) is 0 Å². The molecule has 1 unspecified atom stereocenters. The molecule has 0 saturated heterocycles. The van der Waals surface area contributed by atoms with Gasteiger partial charge in [-0.05, 0) is 83.4 Å². The summed E-state index contributed by atoms with van der Waals surface area (Å²) in [6.45, 7) is 19.2. The summed E-state index contributed by atoms with van der Waals surface area (Å²) in [5, 5.41) is 0. The number of alkyl halides is 2. The molecule has 1 atom stereocenters. The molecule has 186 valence electrons. The zero-order valence-corrected chi connectivity index (χ0v) is 22.2. The number of pyridine rings is 1. The predicted octanol–water partition coefficient (Wildman–Crippen LogP) is 9.56. The van der Waals surface area contributed by atoms with E-state index in [0.29, 0.717) is 12.8 Å². The summed E-state index contributed by atoms with van der Waals surface area (Å²) < 4.78 is 30.5. The van der Waals surface area contributed by atoms with Gasteiger partial charge in [0, 0.05) is 41.9 Å². The van der Waals surface area contributed by atoms with Crippen molar-refractivity contribution in [3.05, 3.63) is 53.4 Å². The number of allylic oxidation sites excluding steroid dienone is 5. The molecule has 0 radical (unpaired) electrons. The van der Waals surface area contributed by atoms with Gasteiger partial charge in [0.05, 0.1) is 11.0 Å². The van der Waals surface area contributed by atoms with Crippen LogP contribution in [0, 0.1) is 5.92 Å². The number of aromatic nitrogens is 2. The Balaban J connectivity index is 2.29. The SMILES string of the molecule is C=C(C)C(=C(C)C)c1cnc2c(/C(=C/C)CC)cn(C(C)(CCC)C3CCC(F)(F)CC3)c2c1. The highest BCUT2D eigenvalue weighted by atomic mass is 19.3. The van der Waals surface area contributed by atoms with Gasteiger partial charge in [-0.25, -0.2) is 8.78 Å². The summed E-state index contributed by atoms with van der Waals surface area (Å²) in [5.41, 5.74) is 8.70. The molecule has 0 bridgehead atoms. The van der Waals surface area contributed by atoms with Crippen LogP contribution in [0.4, 0.5) is 8.78 Å². The molecular formula is C30H42F2N2. The molecule has 0 N–H and O–H groups in total. The van der Waals surface area contributed by atoms with Crippen LogP contribution in [0.25, 0.3) is 22.2 Å². The van der Waals surface area contributed by atoms with Crippen LogP contribution >= 0.6 is 0 Å². The molecule has 0 spiro atoms. The van der Waals surface area contributed by atoms with Gasteiger partial charge in [0.25, 0.3) is 0 Å². The summed E-state index contributed by atoms with van der Waals surface area (Å²) in [4.78, 5) is 4.99. The fourth-order valence-corrected chi connectivity index (χ4v) is 6.10. The van der Waals surface area contributed by atoms with Crippen molar-refractivity contribution >= 4 is 22.2 Å². The lowest BCUT2D eigenvalue weighted by atomic mass is 9.72. The molecule has 3 rings (SSSR count). The minimum atomic E-state index is -2.53.